The first-order valence-electron chi connectivity index (χ1n) is 13.0. The van der Waals surface area contributed by atoms with Crippen molar-refractivity contribution < 1.29 is 4.42 Å². The highest BCUT2D eigenvalue weighted by atomic mass is 79.9. The number of furan rings is 1. The van der Waals surface area contributed by atoms with Crippen LogP contribution in [-0.4, -0.2) is 4.57 Å². The van der Waals surface area contributed by atoms with Crippen molar-refractivity contribution in [3.8, 4) is 27.9 Å². The minimum Gasteiger partial charge on any atom is -0.454 e. The van der Waals surface area contributed by atoms with Crippen LogP contribution in [0.4, 0.5) is 0 Å². The van der Waals surface area contributed by atoms with Gasteiger partial charge in [-0.1, -0.05) is 107 Å². The summed E-state index contributed by atoms with van der Waals surface area (Å²) in [5.41, 5.74) is 9.95. The lowest BCUT2D eigenvalue weighted by molar-refractivity contribution is 0.666. The number of halogens is 1. The van der Waals surface area contributed by atoms with Crippen molar-refractivity contribution in [2.45, 2.75) is 0 Å². The maximum atomic E-state index is 6.47. The van der Waals surface area contributed by atoms with Crippen molar-refractivity contribution in [2.75, 3.05) is 0 Å². The van der Waals surface area contributed by atoms with E-state index < -0.39 is 0 Å². The fourth-order valence-electron chi connectivity index (χ4n) is 5.86. The average Bonchev–Trinajstić information content (AvgIpc) is 3.53. The van der Waals surface area contributed by atoms with E-state index in [-0.39, 0.29) is 0 Å². The fourth-order valence-corrected chi connectivity index (χ4v) is 6.26. The molecule has 2 nitrogen and oxygen atoms in total. The number of hydrogen-bond acceptors (Lipinski definition) is 1. The maximum absolute atomic E-state index is 6.47. The molecule has 39 heavy (non-hydrogen) atoms. The minimum absolute atomic E-state index is 0.906. The first-order chi connectivity index (χ1) is 19.2. The first-order valence-corrected chi connectivity index (χ1v) is 13.8. The summed E-state index contributed by atoms with van der Waals surface area (Å²) < 4.78 is 9.91. The van der Waals surface area contributed by atoms with Gasteiger partial charge in [-0.3, -0.25) is 0 Å². The van der Waals surface area contributed by atoms with Crippen LogP contribution in [0.2, 0.25) is 0 Å². The molecular formula is C36H22BrNO. The van der Waals surface area contributed by atoms with Crippen molar-refractivity contribution in [1.82, 2.24) is 4.57 Å². The van der Waals surface area contributed by atoms with Crippen molar-refractivity contribution in [3.63, 3.8) is 0 Å². The molecule has 0 aliphatic rings. The Labute approximate surface area is 233 Å². The van der Waals surface area contributed by atoms with Crippen molar-refractivity contribution in [1.29, 1.82) is 0 Å². The van der Waals surface area contributed by atoms with Crippen LogP contribution in [0.15, 0.2) is 142 Å². The van der Waals surface area contributed by atoms with Gasteiger partial charge in [-0.2, -0.15) is 0 Å². The van der Waals surface area contributed by atoms with Crippen molar-refractivity contribution >= 4 is 59.7 Å². The van der Waals surface area contributed by atoms with E-state index in [1.54, 1.807) is 0 Å². The molecule has 0 spiro atoms. The number of nitrogens with zero attached hydrogens (tertiary/aromatic N) is 1. The van der Waals surface area contributed by atoms with Crippen LogP contribution in [0.25, 0.3) is 71.7 Å². The van der Waals surface area contributed by atoms with Gasteiger partial charge < -0.3 is 8.98 Å². The predicted molar refractivity (Wildman–Crippen MR) is 167 cm³/mol. The highest BCUT2D eigenvalue weighted by Gasteiger charge is 2.18. The molecule has 0 radical (unpaired) electrons. The molecule has 8 rings (SSSR count). The molecule has 0 atom stereocenters. The van der Waals surface area contributed by atoms with E-state index in [0.29, 0.717) is 0 Å². The molecule has 2 aromatic heterocycles. The molecule has 0 aliphatic carbocycles. The van der Waals surface area contributed by atoms with E-state index in [0.717, 1.165) is 37.6 Å². The van der Waals surface area contributed by atoms with E-state index in [2.05, 4.69) is 142 Å². The Morgan fingerprint density at radius 3 is 1.95 bits per heavy atom. The van der Waals surface area contributed by atoms with Crippen molar-refractivity contribution in [3.05, 3.63) is 138 Å². The summed E-state index contributed by atoms with van der Waals surface area (Å²) in [5, 5.41) is 4.73. The van der Waals surface area contributed by atoms with E-state index in [1.165, 1.54) is 38.5 Å². The molecule has 184 valence electrons. The lowest BCUT2D eigenvalue weighted by Crippen LogP contribution is -1.94. The number of aromatic nitrogens is 1. The van der Waals surface area contributed by atoms with Gasteiger partial charge in [-0.25, -0.2) is 0 Å². The molecule has 0 unspecified atom stereocenters. The third kappa shape index (κ3) is 3.54. The normalized spacial score (nSPS) is 11.7. The third-order valence-corrected chi connectivity index (χ3v) is 8.15. The van der Waals surface area contributed by atoms with E-state index in [4.69, 9.17) is 4.42 Å². The standard InChI is InChI=1S/C36H22BrNO/c37-27-11-6-10-25(21-27)23-8-5-9-24(20-23)26-18-19-29-28-12-1-3-15-32(28)38(34(29)22-26)33-16-7-14-31-30-13-2-4-17-35(30)39-36(31)33/h1-22H. The Hall–Kier alpha value is -4.60. The van der Waals surface area contributed by atoms with Gasteiger partial charge in [0, 0.05) is 26.0 Å². The summed E-state index contributed by atoms with van der Waals surface area (Å²) in [7, 11) is 0. The van der Waals surface area contributed by atoms with Crippen LogP contribution in [0.3, 0.4) is 0 Å². The topological polar surface area (TPSA) is 18.1 Å². The summed E-state index contributed by atoms with van der Waals surface area (Å²) in [4.78, 5) is 0. The van der Waals surface area contributed by atoms with Crippen LogP contribution in [0, 0.1) is 0 Å². The highest BCUT2D eigenvalue weighted by Crippen LogP contribution is 2.39. The second kappa shape index (κ2) is 8.72. The number of hydrogen-bond donors (Lipinski definition) is 0. The summed E-state index contributed by atoms with van der Waals surface area (Å²) >= 11 is 3.61. The second-order valence-corrected chi connectivity index (χ2v) is 10.8. The summed E-state index contributed by atoms with van der Waals surface area (Å²) in [6.07, 6.45) is 0. The Bertz CT molecular complexity index is 2200. The monoisotopic (exact) mass is 563 g/mol. The van der Waals surface area contributed by atoms with Crippen LogP contribution in [0.1, 0.15) is 0 Å². The highest BCUT2D eigenvalue weighted by molar-refractivity contribution is 9.10. The van der Waals surface area contributed by atoms with Gasteiger partial charge in [0.1, 0.15) is 5.58 Å². The summed E-state index contributed by atoms with van der Waals surface area (Å²) in [6.45, 7) is 0. The van der Waals surface area contributed by atoms with E-state index in [1.807, 2.05) is 12.1 Å². The number of para-hydroxylation sites is 3. The zero-order valence-corrected chi connectivity index (χ0v) is 22.5. The molecular weight excluding hydrogens is 542 g/mol. The Balaban J connectivity index is 1.39. The van der Waals surface area contributed by atoms with Gasteiger partial charge in [-0.15, -0.1) is 0 Å². The molecule has 0 fully saturated rings. The smallest absolute Gasteiger partial charge is 0.159 e. The molecule has 0 bridgehead atoms. The summed E-state index contributed by atoms with van der Waals surface area (Å²) in [6, 6.07) is 47.4. The zero-order chi connectivity index (χ0) is 25.9. The fraction of sp³-hybridized carbons (Fsp3) is 0. The van der Waals surface area contributed by atoms with Gasteiger partial charge >= 0.3 is 0 Å². The minimum atomic E-state index is 0.906. The van der Waals surface area contributed by atoms with Gasteiger partial charge in [0.2, 0.25) is 0 Å². The summed E-state index contributed by atoms with van der Waals surface area (Å²) in [5.74, 6) is 0. The molecule has 0 saturated carbocycles. The van der Waals surface area contributed by atoms with Gasteiger partial charge in [0.25, 0.3) is 0 Å². The first kappa shape index (κ1) is 22.4. The van der Waals surface area contributed by atoms with Gasteiger partial charge in [0.05, 0.1) is 16.7 Å². The van der Waals surface area contributed by atoms with Crippen LogP contribution in [-0.2, 0) is 0 Å². The van der Waals surface area contributed by atoms with Crippen LogP contribution >= 0.6 is 15.9 Å². The lowest BCUT2D eigenvalue weighted by Gasteiger charge is -2.10. The Morgan fingerprint density at radius 2 is 1.10 bits per heavy atom. The molecule has 2 heterocycles. The van der Waals surface area contributed by atoms with E-state index >= 15 is 0 Å². The number of benzene rings is 6. The molecule has 0 N–H and O–H groups in total. The van der Waals surface area contributed by atoms with Crippen LogP contribution < -0.4 is 0 Å². The van der Waals surface area contributed by atoms with Gasteiger partial charge in [0.15, 0.2) is 5.58 Å². The Kier molecular flexibility index (Phi) is 5.01. The average molecular weight is 564 g/mol. The SMILES string of the molecule is Brc1cccc(-c2cccc(-c3ccc4c5ccccc5n(-c5cccc6c5oc5ccccc56)c4c3)c2)c1. The van der Waals surface area contributed by atoms with E-state index in [9.17, 15) is 0 Å². The number of rotatable bonds is 3. The third-order valence-electron chi connectivity index (χ3n) is 7.65. The largest absolute Gasteiger partial charge is 0.454 e. The predicted octanol–water partition coefficient (Wildman–Crippen LogP) is 10.8. The Morgan fingerprint density at radius 1 is 0.462 bits per heavy atom. The lowest BCUT2D eigenvalue weighted by atomic mass is 9.98. The quantitative estimate of drug-likeness (QED) is 0.209. The molecule has 3 heteroatoms. The van der Waals surface area contributed by atoms with Gasteiger partial charge in [-0.05, 0) is 64.7 Å². The molecule has 8 aromatic rings. The molecule has 0 aliphatic heterocycles. The molecule has 6 aromatic carbocycles. The second-order valence-electron chi connectivity index (χ2n) is 9.93. The maximum Gasteiger partial charge on any atom is 0.159 e. The zero-order valence-electron chi connectivity index (χ0n) is 20.9. The van der Waals surface area contributed by atoms with Crippen molar-refractivity contribution in [2.24, 2.45) is 0 Å². The molecule has 0 saturated heterocycles. The molecule has 0 amide bonds. The number of fused-ring (bicyclic) bond motifs is 6. The van der Waals surface area contributed by atoms with Crippen LogP contribution in [0.5, 0.6) is 0 Å².